The molecule has 3 aromatic rings. The van der Waals surface area contributed by atoms with Gasteiger partial charge in [-0.15, -0.1) is 11.3 Å². The van der Waals surface area contributed by atoms with Crippen LogP contribution in [-0.4, -0.2) is 16.0 Å². The number of aliphatic hydroxyl groups excluding tert-OH is 1. The maximum absolute atomic E-state index is 12.4. The van der Waals surface area contributed by atoms with Gasteiger partial charge in [0.15, 0.2) is 4.47 Å². The lowest BCUT2D eigenvalue weighted by Crippen LogP contribution is -2.12. The van der Waals surface area contributed by atoms with Gasteiger partial charge in [-0.25, -0.2) is 4.98 Å². The van der Waals surface area contributed by atoms with Gasteiger partial charge in [0.05, 0.1) is 22.4 Å². The Morgan fingerprint density at radius 1 is 1.24 bits per heavy atom. The fourth-order valence-electron chi connectivity index (χ4n) is 2.00. The minimum atomic E-state index is -0.237. The van der Waals surface area contributed by atoms with Crippen LogP contribution in [0.1, 0.15) is 15.9 Å². The van der Waals surface area contributed by atoms with Crippen LogP contribution in [0, 0.1) is 0 Å². The lowest BCUT2D eigenvalue weighted by molar-refractivity contribution is 0.102. The largest absolute Gasteiger partial charge is 0.392 e. The molecule has 6 heteroatoms. The molecule has 0 fully saturated rings. The van der Waals surface area contributed by atoms with E-state index in [9.17, 15) is 4.79 Å². The number of fused-ring (bicyclic) bond motifs is 1. The third-order valence-electron chi connectivity index (χ3n) is 3.03. The molecule has 106 valence electrons. The van der Waals surface area contributed by atoms with E-state index in [0.29, 0.717) is 21.2 Å². The molecule has 0 saturated heterocycles. The number of halogens is 1. The van der Waals surface area contributed by atoms with E-state index in [2.05, 4.69) is 10.3 Å². The molecule has 0 aliphatic heterocycles. The summed E-state index contributed by atoms with van der Waals surface area (Å²) in [6, 6.07) is 12.4. The summed E-state index contributed by atoms with van der Waals surface area (Å²) in [4.78, 5) is 16.5. The molecule has 1 amide bonds. The number of anilines is 1. The maximum atomic E-state index is 12.4. The van der Waals surface area contributed by atoms with Crippen molar-refractivity contribution in [2.45, 2.75) is 6.61 Å². The highest BCUT2D eigenvalue weighted by atomic mass is 35.5. The molecule has 0 unspecified atom stereocenters. The summed E-state index contributed by atoms with van der Waals surface area (Å²) < 4.78 is 1.29. The topological polar surface area (TPSA) is 62.2 Å². The second-order valence-electron chi connectivity index (χ2n) is 4.43. The van der Waals surface area contributed by atoms with Crippen molar-refractivity contribution in [2.75, 3.05) is 5.32 Å². The van der Waals surface area contributed by atoms with Gasteiger partial charge in [-0.3, -0.25) is 4.79 Å². The van der Waals surface area contributed by atoms with Crippen molar-refractivity contribution in [2.24, 2.45) is 0 Å². The number of aliphatic hydroxyl groups is 1. The molecule has 21 heavy (non-hydrogen) atoms. The molecule has 0 radical (unpaired) electrons. The normalized spacial score (nSPS) is 10.8. The Balaban J connectivity index is 1.89. The second-order valence-corrected chi connectivity index (χ2v) is 6.04. The van der Waals surface area contributed by atoms with Crippen molar-refractivity contribution in [1.29, 1.82) is 0 Å². The zero-order chi connectivity index (χ0) is 14.8. The predicted octanol–water partition coefficient (Wildman–Crippen LogP) is 3.69. The molecule has 0 bridgehead atoms. The van der Waals surface area contributed by atoms with E-state index in [4.69, 9.17) is 16.7 Å². The molecule has 0 aliphatic carbocycles. The lowest BCUT2D eigenvalue weighted by atomic mass is 10.1. The Hall–Kier alpha value is -1.95. The first-order chi connectivity index (χ1) is 10.2. The minimum absolute atomic E-state index is 0.0230. The van der Waals surface area contributed by atoms with Crippen LogP contribution in [0.2, 0.25) is 4.47 Å². The van der Waals surface area contributed by atoms with Gasteiger partial charge in [0.25, 0.3) is 5.91 Å². The first-order valence-corrected chi connectivity index (χ1v) is 7.43. The molecule has 4 nitrogen and oxygen atoms in total. The molecular weight excluding hydrogens is 308 g/mol. The first kappa shape index (κ1) is 14.0. The summed E-state index contributed by atoms with van der Waals surface area (Å²) >= 11 is 7.25. The van der Waals surface area contributed by atoms with Gasteiger partial charge in [0, 0.05) is 5.69 Å². The molecule has 0 saturated carbocycles. The smallest absolute Gasteiger partial charge is 0.257 e. The highest BCUT2D eigenvalue weighted by Gasteiger charge is 2.13. The highest BCUT2D eigenvalue weighted by molar-refractivity contribution is 7.22. The maximum Gasteiger partial charge on any atom is 0.257 e. The molecule has 1 heterocycles. The van der Waals surface area contributed by atoms with Gasteiger partial charge < -0.3 is 10.4 Å². The van der Waals surface area contributed by atoms with Gasteiger partial charge in [-0.05, 0) is 29.8 Å². The molecule has 1 aromatic heterocycles. The van der Waals surface area contributed by atoms with E-state index in [1.165, 1.54) is 11.3 Å². The van der Waals surface area contributed by atoms with Crippen LogP contribution >= 0.6 is 22.9 Å². The van der Waals surface area contributed by atoms with Gasteiger partial charge in [-0.2, -0.15) is 0 Å². The van der Waals surface area contributed by atoms with E-state index in [1.54, 1.807) is 36.4 Å². The van der Waals surface area contributed by atoms with E-state index in [-0.39, 0.29) is 12.5 Å². The van der Waals surface area contributed by atoms with Crippen LogP contribution in [0.25, 0.3) is 10.2 Å². The van der Waals surface area contributed by atoms with Crippen LogP contribution in [0.5, 0.6) is 0 Å². The van der Waals surface area contributed by atoms with Gasteiger partial charge in [-0.1, -0.05) is 29.8 Å². The van der Waals surface area contributed by atoms with E-state index >= 15 is 0 Å². The van der Waals surface area contributed by atoms with Crippen LogP contribution in [-0.2, 0) is 6.61 Å². The van der Waals surface area contributed by atoms with Gasteiger partial charge in [0.1, 0.15) is 0 Å². The number of hydrogen-bond donors (Lipinski definition) is 2. The number of aromatic nitrogens is 1. The van der Waals surface area contributed by atoms with E-state index < -0.39 is 0 Å². The number of hydrogen-bond acceptors (Lipinski definition) is 4. The summed E-state index contributed by atoms with van der Waals surface area (Å²) in [7, 11) is 0. The number of nitrogens with one attached hydrogen (secondary N) is 1. The Kier molecular flexibility index (Phi) is 3.88. The predicted molar refractivity (Wildman–Crippen MR) is 84.9 cm³/mol. The molecule has 3 rings (SSSR count). The Bertz CT molecular complexity index is 799. The van der Waals surface area contributed by atoms with Crippen LogP contribution in [0.3, 0.4) is 0 Å². The van der Waals surface area contributed by atoms with Crippen molar-refractivity contribution in [3.8, 4) is 0 Å². The molecule has 2 N–H and O–H groups in total. The van der Waals surface area contributed by atoms with Crippen molar-refractivity contribution < 1.29 is 9.90 Å². The Morgan fingerprint density at radius 3 is 2.71 bits per heavy atom. The van der Waals surface area contributed by atoms with Crippen molar-refractivity contribution in [1.82, 2.24) is 4.98 Å². The fraction of sp³-hybridized carbons (Fsp3) is 0.0667. The van der Waals surface area contributed by atoms with Crippen LogP contribution < -0.4 is 5.32 Å². The van der Waals surface area contributed by atoms with E-state index in [1.807, 2.05) is 6.07 Å². The third-order valence-corrected chi connectivity index (χ3v) is 4.16. The number of para-hydroxylation sites is 1. The summed E-state index contributed by atoms with van der Waals surface area (Å²) in [5.74, 6) is -0.237. The van der Waals surface area contributed by atoms with Crippen molar-refractivity contribution in [3.05, 3.63) is 58.1 Å². The monoisotopic (exact) mass is 318 g/mol. The quantitative estimate of drug-likeness (QED) is 0.774. The summed E-state index contributed by atoms with van der Waals surface area (Å²) in [5.41, 5.74) is 2.55. The Labute approximate surface area is 130 Å². The van der Waals surface area contributed by atoms with Crippen LogP contribution in [0.4, 0.5) is 5.69 Å². The minimum Gasteiger partial charge on any atom is -0.392 e. The van der Waals surface area contributed by atoms with Crippen molar-refractivity contribution >= 4 is 44.7 Å². The molecule has 2 aromatic carbocycles. The average Bonchev–Trinajstić information content (AvgIpc) is 2.87. The SMILES string of the molecule is O=C(Nc1ccc(CO)cc1)c1cccc2sc(Cl)nc12. The second kappa shape index (κ2) is 5.81. The number of thiazole rings is 1. The highest BCUT2D eigenvalue weighted by Crippen LogP contribution is 2.28. The number of nitrogens with zero attached hydrogens (tertiary/aromatic N) is 1. The number of amides is 1. The zero-order valence-corrected chi connectivity index (χ0v) is 12.4. The summed E-state index contributed by atoms with van der Waals surface area (Å²) in [6.45, 7) is -0.0230. The Morgan fingerprint density at radius 2 is 2.00 bits per heavy atom. The number of benzene rings is 2. The summed E-state index contributed by atoms with van der Waals surface area (Å²) in [5, 5.41) is 11.8. The van der Waals surface area contributed by atoms with Gasteiger partial charge in [0.2, 0.25) is 0 Å². The standard InChI is InChI=1S/C15H11ClN2O2S/c16-15-18-13-11(2-1-3-12(13)21-15)14(20)17-10-6-4-9(8-19)5-7-10/h1-7,19H,8H2,(H,17,20). The molecule has 0 spiro atoms. The summed E-state index contributed by atoms with van der Waals surface area (Å²) in [6.07, 6.45) is 0. The molecule has 0 aliphatic rings. The van der Waals surface area contributed by atoms with Crippen molar-refractivity contribution in [3.63, 3.8) is 0 Å². The average molecular weight is 319 g/mol. The molecular formula is C15H11ClN2O2S. The number of carbonyl (C=O) groups excluding carboxylic acids is 1. The zero-order valence-electron chi connectivity index (χ0n) is 10.8. The third kappa shape index (κ3) is 2.90. The van der Waals surface area contributed by atoms with Crippen LogP contribution in [0.15, 0.2) is 42.5 Å². The fourth-order valence-corrected chi connectivity index (χ4v) is 3.05. The van der Waals surface area contributed by atoms with Gasteiger partial charge >= 0.3 is 0 Å². The number of rotatable bonds is 3. The first-order valence-electron chi connectivity index (χ1n) is 6.23. The molecule has 0 atom stereocenters. The van der Waals surface area contributed by atoms with E-state index in [0.717, 1.165) is 10.3 Å². The lowest BCUT2D eigenvalue weighted by Gasteiger charge is -2.06. The number of carbonyl (C=O) groups is 1.